The molecule has 2 amide bonds. The Morgan fingerprint density at radius 2 is 2.07 bits per heavy atom. The fourth-order valence-electron chi connectivity index (χ4n) is 4.47. The number of benzene rings is 1. The number of β-lactam (4-membered cyclic amide) rings is 1. The third-order valence-electron chi connectivity index (χ3n) is 6.58. The molecule has 2 aliphatic rings. The van der Waals surface area contributed by atoms with Gasteiger partial charge in [0.15, 0.2) is 10.1 Å². The first-order chi connectivity index (χ1) is 19.5. The lowest BCUT2D eigenvalue weighted by atomic mass is 10.0. The molecule has 41 heavy (non-hydrogen) atoms. The molecule has 1 saturated heterocycles. The van der Waals surface area contributed by atoms with Crippen molar-refractivity contribution in [2.45, 2.75) is 56.0 Å². The van der Waals surface area contributed by atoms with Crippen molar-refractivity contribution in [1.82, 2.24) is 20.4 Å². The molecule has 10 nitrogen and oxygen atoms in total. The minimum Gasteiger partial charge on any atom is -0.485 e. The normalized spacial score (nSPS) is 18.4. The number of hydrogen-bond acceptors (Lipinski definition) is 10. The monoisotopic (exact) mass is 634 g/mol. The zero-order valence-electron chi connectivity index (χ0n) is 22.6. The summed E-state index contributed by atoms with van der Waals surface area (Å²) in [6.45, 7) is 7.95. The number of thioether (sulfide) groups is 2. The average Bonchev–Trinajstić information content (AvgIpc) is 3.58. The van der Waals surface area contributed by atoms with Gasteiger partial charge in [0.1, 0.15) is 40.2 Å². The molecule has 0 spiro atoms. The Kier molecular flexibility index (Phi) is 8.69. The number of furan rings is 1. The smallest absolute Gasteiger partial charge is 0.352 e. The molecule has 0 unspecified atom stereocenters. The van der Waals surface area contributed by atoms with Gasteiger partial charge in [-0.25, -0.2) is 4.79 Å². The van der Waals surface area contributed by atoms with Crippen molar-refractivity contribution in [2.24, 2.45) is 0 Å². The van der Waals surface area contributed by atoms with E-state index >= 15 is 0 Å². The van der Waals surface area contributed by atoms with Crippen molar-refractivity contribution in [3.05, 3.63) is 68.2 Å². The molecule has 14 heteroatoms. The number of rotatable bonds is 10. The zero-order valence-corrected chi connectivity index (χ0v) is 25.8. The molecule has 216 valence electrons. The zero-order chi connectivity index (χ0) is 29.4. The van der Waals surface area contributed by atoms with Crippen LogP contribution in [0, 0.1) is 13.8 Å². The van der Waals surface area contributed by atoms with Gasteiger partial charge in [0.2, 0.25) is 0 Å². The number of aliphatic carboxylic acids is 1. The lowest BCUT2D eigenvalue weighted by Crippen LogP contribution is -2.70. The van der Waals surface area contributed by atoms with Crippen LogP contribution in [0.15, 0.2) is 44.3 Å². The standard InChI is InChI=1S/C27H27ClN4O6S3/c1-12(2)17-8-18(28)13(3)7-20(17)37-9-16-5-6-19(38-16)23(33)29-21-24(34)32-22(26(35)36)15(10-39-25(21)32)11-40-27-31-30-14(4)41-27/h5-8,12,21,25H,9-11H2,1-4H3,(H,29,33)(H,35,36)/t21-,25+/m1/s1. The lowest BCUT2D eigenvalue weighted by Gasteiger charge is -2.49. The number of ether oxygens (including phenoxy) is 1. The maximum Gasteiger partial charge on any atom is 0.352 e. The summed E-state index contributed by atoms with van der Waals surface area (Å²) in [4.78, 5) is 39.3. The van der Waals surface area contributed by atoms with Crippen LogP contribution in [0.1, 0.15) is 52.2 Å². The van der Waals surface area contributed by atoms with Gasteiger partial charge in [-0.3, -0.25) is 14.5 Å². The van der Waals surface area contributed by atoms with Crippen LogP contribution < -0.4 is 10.1 Å². The van der Waals surface area contributed by atoms with E-state index in [0.717, 1.165) is 20.5 Å². The van der Waals surface area contributed by atoms with Crippen molar-refractivity contribution >= 4 is 64.2 Å². The van der Waals surface area contributed by atoms with Gasteiger partial charge in [0.05, 0.1) is 0 Å². The maximum atomic E-state index is 13.0. The number of carbonyl (C=O) groups excluding carboxylic acids is 2. The Hall–Kier alpha value is -3.00. The third-order valence-corrected chi connectivity index (χ3v) is 10.4. The molecule has 2 N–H and O–H groups in total. The van der Waals surface area contributed by atoms with Crippen LogP contribution in [0.3, 0.4) is 0 Å². The molecule has 0 aliphatic carbocycles. The minimum absolute atomic E-state index is 0.0328. The van der Waals surface area contributed by atoms with Crippen molar-refractivity contribution in [1.29, 1.82) is 0 Å². The highest BCUT2D eigenvalue weighted by Gasteiger charge is 2.54. The van der Waals surface area contributed by atoms with Crippen molar-refractivity contribution in [3.63, 3.8) is 0 Å². The quantitative estimate of drug-likeness (QED) is 0.225. The van der Waals surface area contributed by atoms with E-state index in [-0.39, 0.29) is 24.0 Å². The highest BCUT2D eigenvalue weighted by molar-refractivity contribution is 8.01. The van der Waals surface area contributed by atoms with E-state index in [2.05, 4.69) is 15.5 Å². The van der Waals surface area contributed by atoms with Gasteiger partial charge in [-0.1, -0.05) is 48.5 Å². The van der Waals surface area contributed by atoms with E-state index in [1.54, 1.807) is 6.07 Å². The van der Waals surface area contributed by atoms with Gasteiger partial charge in [-0.2, -0.15) is 0 Å². The predicted molar refractivity (Wildman–Crippen MR) is 158 cm³/mol. The molecule has 2 aliphatic heterocycles. The van der Waals surface area contributed by atoms with E-state index in [9.17, 15) is 19.5 Å². The highest BCUT2D eigenvalue weighted by Crippen LogP contribution is 2.42. The second-order valence-electron chi connectivity index (χ2n) is 9.84. The summed E-state index contributed by atoms with van der Waals surface area (Å²) >= 11 is 10.5. The number of fused-ring (bicyclic) bond motifs is 1. The summed E-state index contributed by atoms with van der Waals surface area (Å²) in [6.07, 6.45) is 0. The van der Waals surface area contributed by atoms with Gasteiger partial charge >= 0.3 is 5.97 Å². The maximum absolute atomic E-state index is 13.0. The van der Waals surface area contributed by atoms with Crippen molar-refractivity contribution in [2.75, 3.05) is 11.5 Å². The molecule has 0 radical (unpaired) electrons. The van der Waals surface area contributed by atoms with E-state index in [0.29, 0.717) is 33.6 Å². The van der Waals surface area contributed by atoms with Crippen LogP contribution in [0.4, 0.5) is 0 Å². The van der Waals surface area contributed by atoms with E-state index in [1.807, 2.05) is 39.8 Å². The molecule has 5 rings (SSSR count). The number of carboxylic acid groups (broad SMARTS) is 1. The average molecular weight is 635 g/mol. The van der Waals surface area contributed by atoms with Gasteiger partial charge in [0, 0.05) is 16.5 Å². The van der Waals surface area contributed by atoms with Gasteiger partial charge in [-0.05, 0) is 60.7 Å². The van der Waals surface area contributed by atoms with E-state index in [1.165, 1.54) is 45.8 Å². The van der Waals surface area contributed by atoms with Crippen molar-refractivity contribution < 1.29 is 28.6 Å². The number of aromatic nitrogens is 2. The molecule has 1 fully saturated rings. The Morgan fingerprint density at radius 1 is 1.29 bits per heavy atom. The Bertz CT molecular complexity index is 1550. The number of hydrogen-bond donors (Lipinski definition) is 2. The fraction of sp³-hybridized carbons (Fsp3) is 0.370. The number of aryl methyl sites for hydroxylation is 2. The predicted octanol–water partition coefficient (Wildman–Crippen LogP) is 5.25. The second kappa shape index (κ2) is 12.1. The first-order valence-corrected chi connectivity index (χ1v) is 15.9. The Balaban J connectivity index is 1.21. The summed E-state index contributed by atoms with van der Waals surface area (Å²) in [7, 11) is 0. The van der Waals surface area contributed by atoms with Gasteiger partial charge in [0.25, 0.3) is 11.8 Å². The van der Waals surface area contributed by atoms with E-state index < -0.39 is 29.2 Å². The van der Waals surface area contributed by atoms with Crippen LogP contribution in [0.25, 0.3) is 0 Å². The summed E-state index contributed by atoms with van der Waals surface area (Å²) in [6, 6.07) is 6.08. The third kappa shape index (κ3) is 6.13. The highest BCUT2D eigenvalue weighted by atomic mass is 35.5. The summed E-state index contributed by atoms with van der Waals surface area (Å²) in [5.41, 5.74) is 2.45. The molecule has 2 aromatic heterocycles. The summed E-state index contributed by atoms with van der Waals surface area (Å²) in [5, 5.41) is 21.6. The molecule has 2 atom stereocenters. The fourth-order valence-corrected chi connectivity index (χ4v) is 7.94. The molecule has 3 aromatic rings. The van der Waals surface area contributed by atoms with Crippen LogP contribution in [0.2, 0.25) is 5.02 Å². The number of halogens is 1. The summed E-state index contributed by atoms with van der Waals surface area (Å²) < 4.78 is 12.4. The lowest BCUT2D eigenvalue weighted by molar-refractivity contribution is -0.148. The minimum atomic E-state index is -1.18. The number of amides is 2. The number of nitrogens with zero attached hydrogens (tertiary/aromatic N) is 3. The van der Waals surface area contributed by atoms with Crippen LogP contribution in [0.5, 0.6) is 5.75 Å². The molecule has 0 bridgehead atoms. The molecule has 4 heterocycles. The molecular formula is C27H27ClN4O6S3. The molecule has 1 aromatic carbocycles. The first-order valence-electron chi connectivity index (χ1n) is 12.7. The molecular weight excluding hydrogens is 608 g/mol. The summed E-state index contributed by atoms with van der Waals surface area (Å²) in [5.74, 6) is -0.0580. The second-order valence-corrected chi connectivity index (χ2v) is 13.8. The van der Waals surface area contributed by atoms with Crippen LogP contribution in [-0.4, -0.2) is 60.9 Å². The largest absolute Gasteiger partial charge is 0.485 e. The molecule has 0 saturated carbocycles. The van der Waals surface area contributed by atoms with Crippen molar-refractivity contribution in [3.8, 4) is 5.75 Å². The number of nitrogens with one attached hydrogen (secondary N) is 1. The number of carboxylic acids is 1. The van der Waals surface area contributed by atoms with Gasteiger partial charge in [-0.15, -0.1) is 22.0 Å². The topological polar surface area (TPSA) is 135 Å². The Labute approximate surface area is 253 Å². The number of carbonyl (C=O) groups is 3. The Morgan fingerprint density at radius 3 is 2.76 bits per heavy atom. The van der Waals surface area contributed by atoms with Gasteiger partial charge < -0.3 is 19.6 Å². The van der Waals surface area contributed by atoms with Crippen LogP contribution >= 0.6 is 46.5 Å². The van der Waals surface area contributed by atoms with Crippen LogP contribution in [-0.2, 0) is 16.2 Å². The first kappa shape index (κ1) is 29.5. The SMILES string of the molecule is Cc1nnc(SCC2=C(C(=O)O)N3C(=O)[C@@H](NC(=O)c4ccc(COc5cc(C)c(Cl)cc5C(C)C)o4)[C@@H]3SC2)s1. The van der Waals surface area contributed by atoms with E-state index in [4.69, 9.17) is 20.8 Å².